The van der Waals surface area contributed by atoms with Crippen molar-refractivity contribution in [1.82, 2.24) is 10.2 Å². The summed E-state index contributed by atoms with van der Waals surface area (Å²) >= 11 is 0. The van der Waals surface area contributed by atoms with E-state index in [2.05, 4.69) is 10.2 Å². The standard InChI is InChI=1S/C15H29N3O2/c16-15(20)11-18(13-5-7-17-8-6-13)10-14(19)9-12-3-1-2-4-12/h12-14,17,19H,1-11H2,(H2,16,20). The van der Waals surface area contributed by atoms with Crippen LogP contribution in [0.5, 0.6) is 0 Å². The number of piperidine rings is 1. The molecule has 1 amide bonds. The second kappa shape index (κ2) is 7.96. The number of nitrogens with two attached hydrogens (primary N) is 1. The molecular weight excluding hydrogens is 254 g/mol. The Balaban J connectivity index is 1.83. The van der Waals surface area contributed by atoms with E-state index in [1.54, 1.807) is 0 Å². The van der Waals surface area contributed by atoms with E-state index in [1.165, 1.54) is 25.7 Å². The average molecular weight is 283 g/mol. The minimum Gasteiger partial charge on any atom is -0.392 e. The first-order chi connectivity index (χ1) is 9.65. The first kappa shape index (κ1) is 15.7. The number of aliphatic hydroxyl groups excluding tert-OH is 1. The Labute approximate surface area is 121 Å². The third-order valence-electron chi connectivity index (χ3n) is 4.71. The lowest BCUT2D eigenvalue weighted by Gasteiger charge is -2.35. The van der Waals surface area contributed by atoms with Crippen LogP contribution in [0.2, 0.25) is 0 Å². The van der Waals surface area contributed by atoms with Crippen LogP contribution in [-0.2, 0) is 4.79 Å². The van der Waals surface area contributed by atoms with Gasteiger partial charge in [-0.05, 0) is 38.3 Å². The number of carbonyl (C=O) groups is 1. The molecule has 1 unspecified atom stereocenters. The largest absolute Gasteiger partial charge is 0.392 e. The van der Waals surface area contributed by atoms with Crippen LogP contribution in [0.3, 0.4) is 0 Å². The summed E-state index contributed by atoms with van der Waals surface area (Å²) in [6.45, 7) is 2.83. The summed E-state index contributed by atoms with van der Waals surface area (Å²) in [4.78, 5) is 13.4. The van der Waals surface area contributed by atoms with E-state index < -0.39 is 0 Å². The highest BCUT2D eigenvalue weighted by Crippen LogP contribution is 2.29. The molecule has 116 valence electrons. The van der Waals surface area contributed by atoms with E-state index in [4.69, 9.17) is 5.73 Å². The lowest BCUT2D eigenvalue weighted by atomic mass is 9.98. The second-order valence-electron chi connectivity index (χ2n) is 6.42. The maximum absolute atomic E-state index is 11.3. The number of nitrogens with zero attached hydrogens (tertiary/aromatic N) is 1. The number of primary amides is 1. The van der Waals surface area contributed by atoms with Gasteiger partial charge in [0.05, 0.1) is 12.6 Å². The van der Waals surface area contributed by atoms with E-state index in [9.17, 15) is 9.90 Å². The zero-order valence-electron chi connectivity index (χ0n) is 12.4. The van der Waals surface area contributed by atoms with Gasteiger partial charge < -0.3 is 16.2 Å². The molecule has 1 aliphatic carbocycles. The Bertz CT molecular complexity index is 299. The molecule has 0 aromatic carbocycles. The molecule has 0 spiro atoms. The van der Waals surface area contributed by atoms with Crippen molar-refractivity contribution in [3.8, 4) is 0 Å². The van der Waals surface area contributed by atoms with Gasteiger partial charge in [0.15, 0.2) is 0 Å². The minimum atomic E-state index is -0.327. The Hall–Kier alpha value is -0.650. The fourth-order valence-electron chi connectivity index (χ4n) is 3.69. The van der Waals surface area contributed by atoms with Gasteiger partial charge in [-0.25, -0.2) is 0 Å². The van der Waals surface area contributed by atoms with Gasteiger partial charge in [-0.2, -0.15) is 0 Å². The van der Waals surface area contributed by atoms with Gasteiger partial charge in [0, 0.05) is 12.6 Å². The molecule has 5 nitrogen and oxygen atoms in total. The van der Waals surface area contributed by atoms with E-state index in [0.29, 0.717) is 18.5 Å². The quantitative estimate of drug-likeness (QED) is 0.634. The fourth-order valence-corrected chi connectivity index (χ4v) is 3.69. The summed E-state index contributed by atoms with van der Waals surface area (Å²) in [5.74, 6) is 0.380. The van der Waals surface area contributed by atoms with Crippen molar-refractivity contribution in [3.63, 3.8) is 0 Å². The number of hydrogen-bond acceptors (Lipinski definition) is 4. The van der Waals surface area contributed by atoms with E-state index in [-0.39, 0.29) is 18.6 Å². The molecule has 0 aromatic rings. The minimum absolute atomic E-state index is 0.270. The first-order valence-corrected chi connectivity index (χ1v) is 8.06. The van der Waals surface area contributed by atoms with Crippen LogP contribution in [0.1, 0.15) is 44.9 Å². The van der Waals surface area contributed by atoms with Gasteiger partial charge in [0.25, 0.3) is 0 Å². The number of rotatable bonds is 7. The van der Waals surface area contributed by atoms with Crippen molar-refractivity contribution < 1.29 is 9.90 Å². The van der Waals surface area contributed by atoms with Crippen molar-refractivity contribution in [2.75, 3.05) is 26.2 Å². The maximum Gasteiger partial charge on any atom is 0.231 e. The lowest BCUT2D eigenvalue weighted by molar-refractivity contribution is -0.120. The van der Waals surface area contributed by atoms with Gasteiger partial charge in [0.2, 0.25) is 5.91 Å². The normalized spacial score (nSPS) is 23.3. The maximum atomic E-state index is 11.3. The monoisotopic (exact) mass is 283 g/mol. The number of carbonyl (C=O) groups excluding carboxylic acids is 1. The van der Waals surface area contributed by atoms with Crippen LogP contribution in [0, 0.1) is 5.92 Å². The molecule has 20 heavy (non-hydrogen) atoms. The van der Waals surface area contributed by atoms with Crippen LogP contribution in [0.25, 0.3) is 0 Å². The third kappa shape index (κ3) is 5.04. The first-order valence-electron chi connectivity index (χ1n) is 8.06. The Morgan fingerprint density at radius 2 is 1.90 bits per heavy atom. The smallest absolute Gasteiger partial charge is 0.231 e. The average Bonchev–Trinajstić information content (AvgIpc) is 2.91. The molecule has 2 rings (SSSR count). The zero-order valence-corrected chi connectivity index (χ0v) is 12.4. The Kier molecular flexibility index (Phi) is 6.26. The molecule has 5 heteroatoms. The predicted octanol–water partition coefficient (Wildman–Crippen LogP) is 0.467. The highest BCUT2D eigenvalue weighted by atomic mass is 16.3. The number of hydrogen-bond donors (Lipinski definition) is 3. The summed E-state index contributed by atoms with van der Waals surface area (Å²) < 4.78 is 0. The predicted molar refractivity (Wildman–Crippen MR) is 79.2 cm³/mol. The van der Waals surface area contributed by atoms with Crippen molar-refractivity contribution in [2.24, 2.45) is 11.7 Å². The lowest BCUT2D eigenvalue weighted by Crippen LogP contribution is -2.49. The van der Waals surface area contributed by atoms with Crippen LogP contribution in [0.4, 0.5) is 0 Å². The van der Waals surface area contributed by atoms with Gasteiger partial charge in [0.1, 0.15) is 0 Å². The molecule has 0 bridgehead atoms. The zero-order chi connectivity index (χ0) is 14.4. The molecule has 4 N–H and O–H groups in total. The molecule has 1 saturated heterocycles. The number of aliphatic hydroxyl groups is 1. The van der Waals surface area contributed by atoms with E-state index in [0.717, 1.165) is 32.4 Å². The molecule has 1 heterocycles. The van der Waals surface area contributed by atoms with Gasteiger partial charge in [-0.15, -0.1) is 0 Å². The van der Waals surface area contributed by atoms with Gasteiger partial charge >= 0.3 is 0 Å². The fraction of sp³-hybridized carbons (Fsp3) is 0.933. The molecule has 1 aliphatic heterocycles. The topological polar surface area (TPSA) is 78.6 Å². The van der Waals surface area contributed by atoms with Gasteiger partial charge in [-0.3, -0.25) is 9.69 Å². The van der Waals surface area contributed by atoms with Crippen molar-refractivity contribution in [2.45, 2.75) is 57.1 Å². The molecule has 0 radical (unpaired) electrons. The summed E-state index contributed by atoms with van der Waals surface area (Å²) in [5, 5.41) is 13.6. The van der Waals surface area contributed by atoms with Gasteiger partial charge in [-0.1, -0.05) is 25.7 Å². The van der Waals surface area contributed by atoms with Crippen LogP contribution >= 0.6 is 0 Å². The van der Waals surface area contributed by atoms with Crippen LogP contribution < -0.4 is 11.1 Å². The highest BCUT2D eigenvalue weighted by Gasteiger charge is 2.26. The van der Waals surface area contributed by atoms with E-state index in [1.807, 2.05) is 0 Å². The van der Waals surface area contributed by atoms with Crippen molar-refractivity contribution in [3.05, 3.63) is 0 Å². The summed E-state index contributed by atoms with van der Waals surface area (Å²) in [5.41, 5.74) is 5.36. The van der Waals surface area contributed by atoms with Crippen molar-refractivity contribution in [1.29, 1.82) is 0 Å². The highest BCUT2D eigenvalue weighted by molar-refractivity contribution is 5.75. The molecular formula is C15H29N3O2. The third-order valence-corrected chi connectivity index (χ3v) is 4.71. The van der Waals surface area contributed by atoms with E-state index >= 15 is 0 Å². The number of amides is 1. The summed E-state index contributed by atoms with van der Waals surface area (Å²) in [6.07, 6.45) is 7.72. The van der Waals surface area contributed by atoms with Crippen LogP contribution in [0.15, 0.2) is 0 Å². The Morgan fingerprint density at radius 3 is 2.50 bits per heavy atom. The second-order valence-corrected chi connectivity index (χ2v) is 6.42. The molecule has 2 aliphatic rings. The molecule has 2 fully saturated rings. The number of nitrogens with one attached hydrogen (secondary N) is 1. The molecule has 0 aromatic heterocycles. The Morgan fingerprint density at radius 1 is 1.25 bits per heavy atom. The molecule has 1 atom stereocenters. The SMILES string of the molecule is NC(=O)CN(CC(O)CC1CCCC1)C1CCNCC1. The summed E-state index contributed by atoms with van der Waals surface area (Å²) in [7, 11) is 0. The van der Waals surface area contributed by atoms with Crippen LogP contribution in [-0.4, -0.2) is 54.2 Å². The molecule has 1 saturated carbocycles. The van der Waals surface area contributed by atoms with Crippen molar-refractivity contribution >= 4 is 5.91 Å². The summed E-state index contributed by atoms with van der Waals surface area (Å²) in [6, 6.07) is 0.377.